The maximum atomic E-state index is 13.7. The first-order chi connectivity index (χ1) is 14.3. The average molecular weight is 416 g/mol. The van der Waals surface area contributed by atoms with Crippen molar-refractivity contribution in [2.75, 3.05) is 13.1 Å². The van der Waals surface area contributed by atoms with Crippen LogP contribution in [0, 0.1) is 34.5 Å². The number of fused-ring (bicyclic) bond motifs is 5. The second kappa shape index (κ2) is 7.60. The molecule has 0 aromatic carbocycles. The van der Waals surface area contributed by atoms with Crippen molar-refractivity contribution < 1.29 is 14.3 Å². The van der Waals surface area contributed by atoms with E-state index in [9.17, 15) is 9.59 Å². The number of nitrogens with zero attached hydrogens (tertiary/aromatic N) is 1. The van der Waals surface area contributed by atoms with Gasteiger partial charge in [0.2, 0.25) is 0 Å². The van der Waals surface area contributed by atoms with Gasteiger partial charge in [0.15, 0.2) is 5.78 Å². The molecule has 0 spiro atoms. The third-order valence-corrected chi connectivity index (χ3v) is 10.5. The molecule has 5 rings (SSSR count). The van der Waals surface area contributed by atoms with E-state index in [1.165, 1.54) is 44.9 Å². The largest absolute Gasteiger partial charge is 0.463 e. The van der Waals surface area contributed by atoms with Crippen molar-refractivity contribution in [2.45, 2.75) is 104 Å². The number of piperidine rings is 1. The maximum absolute atomic E-state index is 13.7. The van der Waals surface area contributed by atoms with Gasteiger partial charge in [-0.15, -0.1) is 0 Å². The van der Waals surface area contributed by atoms with E-state index in [1.807, 2.05) is 0 Å². The molecule has 0 N–H and O–H groups in total. The van der Waals surface area contributed by atoms with Crippen molar-refractivity contribution in [3.05, 3.63) is 0 Å². The van der Waals surface area contributed by atoms with Gasteiger partial charge in [0.05, 0.1) is 6.04 Å². The van der Waals surface area contributed by atoms with E-state index < -0.39 is 0 Å². The van der Waals surface area contributed by atoms with Crippen molar-refractivity contribution >= 4 is 11.8 Å². The van der Waals surface area contributed by atoms with E-state index in [1.54, 1.807) is 6.92 Å². The quantitative estimate of drug-likeness (QED) is 0.596. The van der Waals surface area contributed by atoms with E-state index in [2.05, 4.69) is 18.7 Å². The highest BCUT2D eigenvalue weighted by Crippen LogP contribution is 2.65. The van der Waals surface area contributed by atoms with Gasteiger partial charge in [-0.25, -0.2) is 0 Å². The van der Waals surface area contributed by atoms with Gasteiger partial charge in [-0.1, -0.05) is 20.3 Å². The number of hydrogen-bond acceptors (Lipinski definition) is 4. The Morgan fingerprint density at radius 2 is 1.73 bits per heavy atom. The molecule has 0 unspecified atom stereocenters. The molecular weight excluding hydrogens is 374 g/mol. The number of carbonyl (C=O) groups is 2. The minimum absolute atomic E-state index is 0.0819. The fourth-order valence-electron chi connectivity index (χ4n) is 8.89. The zero-order chi connectivity index (χ0) is 21.1. The summed E-state index contributed by atoms with van der Waals surface area (Å²) in [5.41, 5.74) is 0.286. The van der Waals surface area contributed by atoms with Gasteiger partial charge in [0.1, 0.15) is 6.10 Å². The van der Waals surface area contributed by atoms with Crippen LogP contribution in [0.25, 0.3) is 0 Å². The fraction of sp³-hybridized carbons (Fsp3) is 0.923. The summed E-state index contributed by atoms with van der Waals surface area (Å²) in [6.45, 7) is 8.67. The molecule has 4 heteroatoms. The summed E-state index contributed by atoms with van der Waals surface area (Å²) in [6, 6.07) is 0.198. The van der Waals surface area contributed by atoms with Crippen LogP contribution < -0.4 is 0 Å². The van der Waals surface area contributed by atoms with Crippen molar-refractivity contribution in [1.29, 1.82) is 0 Å². The lowest BCUT2D eigenvalue weighted by molar-refractivity contribution is -0.160. The number of ether oxygens (including phenoxy) is 1. The summed E-state index contributed by atoms with van der Waals surface area (Å²) in [7, 11) is 0. The molecule has 1 saturated heterocycles. The van der Waals surface area contributed by atoms with Crippen molar-refractivity contribution in [3.63, 3.8) is 0 Å². The number of ketones is 1. The van der Waals surface area contributed by atoms with Crippen molar-refractivity contribution in [2.24, 2.45) is 34.5 Å². The third kappa shape index (κ3) is 3.19. The number of likely N-dealkylation sites (tertiary alicyclic amines) is 1. The molecule has 4 nitrogen and oxygen atoms in total. The molecule has 168 valence electrons. The van der Waals surface area contributed by atoms with Gasteiger partial charge in [0.25, 0.3) is 0 Å². The molecule has 5 aliphatic rings. The van der Waals surface area contributed by atoms with Crippen LogP contribution in [0.3, 0.4) is 0 Å². The van der Waals surface area contributed by atoms with Crippen LogP contribution >= 0.6 is 0 Å². The summed E-state index contributed by atoms with van der Waals surface area (Å²) < 4.78 is 5.61. The van der Waals surface area contributed by atoms with Gasteiger partial charge in [-0.05, 0) is 106 Å². The zero-order valence-electron chi connectivity index (χ0n) is 19.3. The molecule has 0 bridgehead atoms. The minimum atomic E-state index is -0.126. The normalized spacial score (nSPS) is 49.1. The summed E-state index contributed by atoms with van der Waals surface area (Å²) in [5.74, 6) is 3.18. The molecule has 1 heterocycles. The Bertz CT molecular complexity index is 700. The maximum Gasteiger partial charge on any atom is 0.302 e. The Morgan fingerprint density at radius 3 is 2.47 bits per heavy atom. The van der Waals surface area contributed by atoms with Gasteiger partial charge in [0, 0.05) is 12.3 Å². The van der Waals surface area contributed by atoms with E-state index in [-0.39, 0.29) is 23.5 Å². The van der Waals surface area contributed by atoms with E-state index in [0.717, 1.165) is 44.7 Å². The first kappa shape index (κ1) is 21.0. The highest BCUT2D eigenvalue weighted by molar-refractivity contribution is 5.92. The average Bonchev–Trinajstić information content (AvgIpc) is 3.00. The molecule has 4 saturated carbocycles. The Morgan fingerprint density at radius 1 is 0.967 bits per heavy atom. The van der Waals surface area contributed by atoms with Gasteiger partial charge in [-0.3, -0.25) is 14.5 Å². The minimum Gasteiger partial charge on any atom is -0.463 e. The Labute approximate surface area is 182 Å². The fourth-order valence-corrected chi connectivity index (χ4v) is 8.89. The van der Waals surface area contributed by atoms with Crippen molar-refractivity contribution in [3.8, 4) is 0 Å². The lowest BCUT2D eigenvalue weighted by atomic mass is 9.45. The van der Waals surface area contributed by atoms with Crippen LogP contribution in [-0.2, 0) is 14.3 Å². The molecule has 0 radical (unpaired) electrons. The molecule has 5 fully saturated rings. The second-order valence-electron chi connectivity index (χ2n) is 11.8. The Balaban J connectivity index is 1.35. The summed E-state index contributed by atoms with van der Waals surface area (Å²) >= 11 is 0. The summed E-state index contributed by atoms with van der Waals surface area (Å²) in [5, 5.41) is 0. The second-order valence-corrected chi connectivity index (χ2v) is 11.8. The predicted octanol–water partition coefficient (Wildman–Crippen LogP) is 4.99. The van der Waals surface area contributed by atoms with Gasteiger partial charge >= 0.3 is 5.97 Å². The van der Waals surface area contributed by atoms with Crippen LogP contribution in [0.5, 0.6) is 0 Å². The zero-order valence-corrected chi connectivity index (χ0v) is 19.3. The lowest BCUT2D eigenvalue weighted by Crippen LogP contribution is -2.54. The van der Waals surface area contributed by atoms with Gasteiger partial charge < -0.3 is 4.74 Å². The highest BCUT2D eigenvalue weighted by atomic mass is 16.5. The van der Waals surface area contributed by atoms with Crippen LogP contribution in [0.2, 0.25) is 0 Å². The molecule has 0 amide bonds. The molecule has 0 aromatic heterocycles. The topological polar surface area (TPSA) is 46.6 Å². The highest BCUT2D eigenvalue weighted by Gasteiger charge is 2.63. The SMILES string of the molecule is CC(=O)O[C@@H]1CC[C@@]2(C)[C@@H](CC[C@@H]3[C@H]4C[C@H](N5CCCCC5)C(=O)[C@@]4(C)CC[C@@H]32)C1. The number of esters is 1. The standard InChI is InChI=1S/C26H41NO3/c1-17(28)30-19-9-11-25(2)18(15-19)7-8-20-21(25)10-12-26(3)22(20)16-23(24(26)29)27-13-5-4-6-14-27/h18-23H,4-16H2,1-3H3/t18-,19+,20-,21-,22+,23-,25-,26-/m0/s1. The predicted molar refractivity (Wildman–Crippen MR) is 117 cm³/mol. The van der Waals surface area contributed by atoms with E-state index >= 15 is 0 Å². The first-order valence-corrected chi connectivity index (χ1v) is 12.8. The molecule has 0 aromatic rings. The van der Waals surface area contributed by atoms with Crippen LogP contribution in [0.15, 0.2) is 0 Å². The first-order valence-electron chi connectivity index (χ1n) is 12.8. The summed E-state index contributed by atoms with van der Waals surface area (Å²) in [4.78, 5) is 27.7. The lowest BCUT2D eigenvalue weighted by Gasteiger charge is -2.60. The number of rotatable bonds is 2. The number of carbonyl (C=O) groups excluding carboxylic acids is 2. The molecule has 30 heavy (non-hydrogen) atoms. The Kier molecular flexibility index (Phi) is 5.31. The number of hydrogen-bond donors (Lipinski definition) is 0. The molecular formula is C26H41NO3. The Hall–Kier alpha value is -0.900. The van der Waals surface area contributed by atoms with Gasteiger partial charge in [-0.2, -0.15) is 0 Å². The molecule has 8 atom stereocenters. The monoisotopic (exact) mass is 415 g/mol. The van der Waals surface area contributed by atoms with E-state index in [0.29, 0.717) is 29.0 Å². The summed E-state index contributed by atoms with van der Waals surface area (Å²) in [6.07, 6.45) is 13.2. The smallest absolute Gasteiger partial charge is 0.302 e. The van der Waals surface area contributed by atoms with E-state index in [4.69, 9.17) is 4.74 Å². The van der Waals surface area contributed by atoms with Crippen LogP contribution in [-0.4, -0.2) is 41.9 Å². The molecule has 1 aliphatic heterocycles. The molecule has 4 aliphatic carbocycles. The number of Topliss-reactive ketones (excluding diaryl/α,β-unsaturated/α-hetero) is 1. The van der Waals surface area contributed by atoms with Crippen LogP contribution in [0.1, 0.15) is 91.4 Å². The third-order valence-electron chi connectivity index (χ3n) is 10.5. The van der Waals surface area contributed by atoms with Crippen molar-refractivity contribution in [1.82, 2.24) is 4.90 Å². The van der Waals surface area contributed by atoms with Crippen LogP contribution in [0.4, 0.5) is 0 Å².